The first-order valence-electron chi connectivity index (χ1n) is 18.5. The number of hydrogen-bond acceptors (Lipinski definition) is 7. The van der Waals surface area contributed by atoms with Gasteiger partial charge in [-0.25, -0.2) is 9.78 Å². The molecule has 1 aliphatic heterocycles. The fourth-order valence-electron chi connectivity index (χ4n) is 9.44. The third-order valence-corrected chi connectivity index (χ3v) is 12.3. The zero-order valence-electron chi connectivity index (χ0n) is 29.4. The molecule has 2 aromatic heterocycles. The first kappa shape index (κ1) is 33.9. The van der Waals surface area contributed by atoms with Crippen LogP contribution < -0.4 is 19.5 Å². The molecule has 3 aliphatic carbocycles. The second-order valence-electron chi connectivity index (χ2n) is 15.5. The SMILES string of the molecule is C[C@@H](COc1ccnc2c1[C@H](C)CCC2)C[C@H]1Cc2cc3c(cc2C12CCC(Nc1cccc(Cl)c1)(C(=O)O)CC2)O[C@H](Cn1ccnc1)CO3. The highest BCUT2D eigenvalue weighted by molar-refractivity contribution is 6.30. The van der Waals surface area contributed by atoms with Gasteiger partial charge in [-0.2, -0.15) is 0 Å². The van der Waals surface area contributed by atoms with E-state index in [1.807, 2.05) is 35.2 Å². The summed E-state index contributed by atoms with van der Waals surface area (Å²) in [5.41, 5.74) is 4.47. The predicted molar refractivity (Wildman–Crippen MR) is 196 cm³/mol. The van der Waals surface area contributed by atoms with Crippen molar-refractivity contribution in [3.05, 3.63) is 94.8 Å². The summed E-state index contributed by atoms with van der Waals surface area (Å²) in [4.78, 5) is 21.9. The van der Waals surface area contributed by atoms with Crippen LogP contribution in [0.2, 0.25) is 5.02 Å². The minimum Gasteiger partial charge on any atom is -0.493 e. The summed E-state index contributed by atoms with van der Waals surface area (Å²) in [7, 11) is 0. The first-order valence-corrected chi connectivity index (χ1v) is 18.9. The molecule has 2 N–H and O–H groups in total. The van der Waals surface area contributed by atoms with Crippen molar-refractivity contribution in [2.45, 2.75) is 101 Å². The number of imidazole rings is 1. The van der Waals surface area contributed by atoms with Crippen LogP contribution >= 0.6 is 11.6 Å². The number of ether oxygens (including phenoxy) is 3. The summed E-state index contributed by atoms with van der Waals surface area (Å²) in [6.07, 6.45) is 15.0. The maximum Gasteiger partial charge on any atom is 0.329 e. The lowest BCUT2D eigenvalue weighted by Crippen LogP contribution is -2.53. The molecule has 0 radical (unpaired) electrons. The van der Waals surface area contributed by atoms with Crippen LogP contribution in [0.1, 0.15) is 87.1 Å². The molecule has 0 amide bonds. The molecule has 4 aliphatic rings. The molecule has 1 saturated carbocycles. The third kappa shape index (κ3) is 6.54. The molecular weight excluding hydrogens is 664 g/mol. The Morgan fingerprint density at radius 2 is 2.02 bits per heavy atom. The van der Waals surface area contributed by atoms with E-state index in [-0.39, 0.29) is 11.5 Å². The van der Waals surface area contributed by atoms with Crippen molar-refractivity contribution >= 4 is 23.3 Å². The topological polar surface area (TPSA) is 108 Å². The molecule has 8 rings (SSSR count). The van der Waals surface area contributed by atoms with Crippen molar-refractivity contribution < 1.29 is 24.1 Å². The van der Waals surface area contributed by atoms with E-state index in [2.05, 4.69) is 41.3 Å². The van der Waals surface area contributed by atoms with Gasteiger partial charge >= 0.3 is 5.97 Å². The molecule has 4 atom stereocenters. The number of carboxylic acid groups (broad SMARTS) is 1. The third-order valence-electron chi connectivity index (χ3n) is 12.0. The number of nitrogens with one attached hydrogen (secondary N) is 1. The van der Waals surface area contributed by atoms with Gasteiger partial charge in [0.2, 0.25) is 0 Å². The summed E-state index contributed by atoms with van der Waals surface area (Å²) in [6, 6.07) is 13.8. The fraction of sp³-hybridized carbons (Fsp3) is 0.488. The lowest BCUT2D eigenvalue weighted by molar-refractivity contribution is -0.144. The Labute approximate surface area is 304 Å². The summed E-state index contributed by atoms with van der Waals surface area (Å²) >= 11 is 6.30. The highest BCUT2D eigenvalue weighted by atomic mass is 35.5. The lowest BCUT2D eigenvalue weighted by atomic mass is 9.59. The van der Waals surface area contributed by atoms with Crippen LogP contribution in [0.25, 0.3) is 0 Å². The maximum atomic E-state index is 13.0. The lowest BCUT2D eigenvalue weighted by Gasteiger charge is -2.47. The van der Waals surface area contributed by atoms with Gasteiger partial charge in [-0.1, -0.05) is 31.5 Å². The molecule has 10 heteroatoms. The van der Waals surface area contributed by atoms with E-state index in [4.69, 9.17) is 25.8 Å². The van der Waals surface area contributed by atoms with Crippen LogP contribution in [0.3, 0.4) is 0 Å². The van der Waals surface area contributed by atoms with Crippen molar-refractivity contribution in [2.75, 3.05) is 18.5 Å². The van der Waals surface area contributed by atoms with Crippen LogP contribution in [-0.2, 0) is 29.6 Å². The van der Waals surface area contributed by atoms with Gasteiger partial charge in [-0.05, 0) is 128 Å². The minimum atomic E-state index is -1.08. The van der Waals surface area contributed by atoms with Crippen LogP contribution in [0.5, 0.6) is 17.2 Å². The Kier molecular flexibility index (Phi) is 9.11. The van der Waals surface area contributed by atoms with Crippen molar-refractivity contribution in [1.82, 2.24) is 14.5 Å². The monoisotopic (exact) mass is 710 g/mol. The van der Waals surface area contributed by atoms with E-state index in [0.717, 1.165) is 55.0 Å². The highest BCUT2D eigenvalue weighted by Crippen LogP contribution is 2.58. The van der Waals surface area contributed by atoms with Gasteiger partial charge in [-0.15, -0.1) is 0 Å². The minimum absolute atomic E-state index is 0.135. The number of nitrogens with zero attached hydrogens (tertiary/aromatic N) is 3. The van der Waals surface area contributed by atoms with Gasteiger partial charge in [0, 0.05) is 40.6 Å². The number of aryl methyl sites for hydroxylation is 1. The Morgan fingerprint density at radius 1 is 1.16 bits per heavy atom. The van der Waals surface area contributed by atoms with Crippen LogP contribution in [0, 0.1) is 11.8 Å². The van der Waals surface area contributed by atoms with Gasteiger partial charge in [-0.3, -0.25) is 4.98 Å². The van der Waals surface area contributed by atoms with E-state index < -0.39 is 11.5 Å². The Balaban J connectivity index is 1.06. The quantitative estimate of drug-likeness (QED) is 0.170. The zero-order chi connectivity index (χ0) is 35.2. The molecule has 2 aromatic carbocycles. The molecule has 0 saturated heterocycles. The summed E-state index contributed by atoms with van der Waals surface area (Å²) in [6.45, 7) is 6.32. The van der Waals surface area contributed by atoms with Crippen LogP contribution in [0.15, 0.2) is 67.4 Å². The smallest absolute Gasteiger partial charge is 0.329 e. The molecule has 3 heterocycles. The number of halogens is 1. The Hall–Kier alpha value is -4.24. The summed E-state index contributed by atoms with van der Waals surface area (Å²) in [5.74, 6) is 2.77. The average molecular weight is 711 g/mol. The van der Waals surface area contributed by atoms with Crippen LogP contribution in [0.4, 0.5) is 5.69 Å². The number of carboxylic acids is 1. The molecule has 1 fully saturated rings. The second-order valence-corrected chi connectivity index (χ2v) is 15.9. The molecule has 51 heavy (non-hydrogen) atoms. The molecule has 0 bridgehead atoms. The maximum absolute atomic E-state index is 13.0. The molecule has 268 valence electrons. The van der Waals surface area contributed by atoms with E-state index in [1.54, 1.807) is 24.7 Å². The number of hydrogen-bond donors (Lipinski definition) is 2. The largest absolute Gasteiger partial charge is 0.493 e. The number of aliphatic carboxylic acids is 1. The molecular formula is C41H47ClN4O5. The molecule has 1 spiro atoms. The van der Waals surface area contributed by atoms with Crippen molar-refractivity contribution in [3.8, 4) is 17.2 Å². The normalized spacial score (nSPS) is 27.0. The predicted octanol–water partition coefficient (Wildman–Crippen LogP) is 8.24. The van der Waals surface area contributed by atoms with E-state index in [1.165, 1.54) is 35.2 Å². The molecule has 4 aromatic rings. The van der Waals surface area contributed by atoms with Crippen LogP contribution in [-0.4, -0.2) is 50.5 Å². The Morgan fingerprint density at radius 3 is 2.80 bits per heavy atom. The average Bonchev–Trinajstić information content (AvgIpc) is 3.73. The number of benzene rings is 2. The zero-order valence-corrected chi connectivity index (χ0v) is 30.2. The van der Waals surface area contributed by atoms with Gasteiger partial charge < -0.3 is 29.2 Å². The summed E-state index contributed by atoms with van der Waals surface area (Å²) in [5, 5.41) is 14.7. The Bertz CT molecular complexity index is 1890. The van der Waals surface area contributed by atoms with Gasteiger partial charge in [0.15, 0.2) is 17.6 Å². The number of pyridine rings is 1. The number of aromatic nitrogens is 3. The van der Waals surface area contributed by atoms with Gasteiger partial charge in [0.25, 0.3) is 0 Å². The van der Waals surface area contributed by atoms with E-state index in [9.17, 15) is 9.90 Å². The van der Waals surface area contributed by atoms with Crippen molar-refractivity contribution in [3.63, 3.8) is 0 Å². The fourth-order valence-corrected chi connectivity index (χ4v) is 9.63. The highest BCUT2D eigenvalue weighted by Gasteiger charge is 2.54. The first-order chi connectivity index (χ1) is 24.7. The van der Waals surface area contributed by atoms with Crippen molar-refractivity contribution in [1.29, 1.82) is 0 Å². The number of rotatable bonds is 10. The van der Waals surface area contributed by atoms with E-state index >= 15 is 0 Å². The van der Waals surface area contributed by atoms with Gasteiger partial charge in [0.1, 0.15) is 17.9 Å². The number of fused-ring (bicyclic) bond motifs is 4. The second kappa shape index (κ2) is 13.7. The van der Waals surface area contributed by atoms with Gasteiger partial charge in [0.05, 0.1) is 19.5 Å². The molecule has 9 nitrogen and oxygen atoms in total. The summed E-state index contributed by atoms with van der Waals surface area (Å²) < 4.78 is 21.5. The number of anilines is 1. The standard InChI is InChI=1S/C41H47ClN4O5/c1-26(23-49-35-9-14-44-34-8-3-5-27(2)38(34)35)17-29-18-28-19-36-37(51-32(24-50-36)22-46-16-15-43-25-46)21-33(28)40(29)10-12-41(13-11-40,39(47)48)45-31-7-4-6-30(42)20-31/h4,6-7,9,14-16,19-21,25-27,29,32,45H,3,5,8,10-13,17-18,22-24H2,1-2H3,(H,47,48)/t26-,27-,29+,32-,40?,41?/m1/s1. The van der Waals surface area contributed by atoms with E-state index in [0.29, 0.717) is 55.4 Å². The molecule has 0 unspecified atom stereocenters. The van der Waals surface area contributed by atoms with Crippen molar-refractivity contribution in [2.24, 2.45) is 11.8 Å². The number of carbonyl (C=O) groups is 1.